The summed E-state index contributed by atoms with van der Waals surface area (Å²) in [6.07, 6.45) is 3.06. The van der Waals surface area contributed by atoms with Crippen LogP contribution < -0.4 is 15.4 Å². The minimum Gasteiger partial charge on any atom is -0.493 e. The summed E-state index contributed by atoms with van der Waals surface area (Å²) in [5.74, 6) is 0.336. The van der Waals surface area contributed by atoms with E-state index in [0.29, 0.717) is 31.9 Å². The molecule has 2 aliphatic rings. The topological polar surface area (TPSA) is 128 Å². The molecule has 2 aliphatic heterocycles. The van der Waals surface area contributed by atoms with E-state index < -0.39 is 21.2 Å². The van der Waals surface area contributed by atoms with Crippen LogP contribution in [0.3, 0.4) is 0 Å². The van der Waals surface area contributed by atoms with Crippen molar-refractivity contribution in [3.05, 3.63) is 59.7 Å². The molecule has 0 aromatic heterocycles. The summed E-state index contributed by atoms with van der Waals surface area (Å²) in [6.45, 7) is 11.0. The predicted molar refractivity (Wildman–Crippen MR) is 174 cm³/mol. The average Bonchev–Trinajstić information content (AvgIpc) is 3.67. The highest BCUT2D eigenvalue weighted by atomic mass is 32.2. The van der Waals surface area contributed by atoms with Gasteiger partial charge in [-0.05, 0) is 66.6 Å². The second-order valence-corrected chi connectivity index (χ2v) is 15.5. The number of carbonyl (C=O) groups is 2. The van der Waals surface area contributed by atoms with E-state index in [2.05, 4.69) is 15.5 Å². The molecule has 2 aromatic carbocycles. The number of sulfonamides is 1. The third-order valence-corrected chi connectivity index (χ3v) is 10.3. The summed E-state index contributed by atoms with van der Waals surface area (Å²) < 4.78 is 35.2. The van der Waals surface area contributed by atoms with Gasteiger partial charge in [0, 0.05) is 45.3 Å². The van der Waals surface area contributed by atoms with E-state index >= 15 is 0 Å². The van der Waals surface area contributed by atoms with Crippen molar-refractivity contribution in [2.75, 3.05) is 45.9 Å². The van der Waals surface area contributed by atoms with Crippen LogP contribution in [0.15, 0.2) is 53.4 Å². The van der Waals surface area contributed by atoms with E-state index in [0.717, 1.165) is 37.1 Å². The summed E-state index contributed by atoms with van der Waals surface area (Å²) >= 11 is 0. The maximum Gasteiger partial charge on any atom is 0.245 e. The molecule has 1 saturated heterocycles. The van der Waals surface area contributed by atoms with E-state index in [1.165, 1.54) is 10.4 Å². The molecule has 248 valence electrons. The Morgan fingerprint density at radius 1 is 1.04 bits per heavy atom. The number of fused-ring (bicyclic) bond motifs is 1. The first-order valence-corrected chi connectivity index (χ1v) is 17.5. The lowest BCUT2D eigenvalue weighted by Gasteiger charge is -2.40. The number of rotatable bonds is 16. The van der Waals surface area contributed by atoms with Crippen molar-refractivity contribution in [2.24, 2.45) is 11.3 Å². The molecule has 11 heteroatoms. The first kappa shape index (κ1) is 34.9. The van der Waals surface area contributed by atoms with Crippen molar-refractivity contribution in [1.82, 2.24) is 19.8 Å². The largest absolute Gasteiger partial charge is 0.493 e. The number of hydrogen-bond donors (Lipinski definition) is 3. The fourth-order valence-corrected chi connectivity index (χ4v) is 7.88. The molecule has 0 radical (unpaired) electrons. The number of nitrogens with zero attached hydrogens (tertiary/aromatic N) is 2. The van der Waals surface area contributed by atoms with Gasteiger partial charge in [-0.15, -0.1) is 0 Å². The highest BCUT2D eigenvalue weighted by Crippen LogP contribution is 2.34. The monoisotopic (exact) mass is 642 g/mol. The lowest BCUT2D eigenvalue weighted by molar-refractivity contribution is -0.125. The minimum atomic E-state index is -4.13. The van der Waals surface area contributed by atoms with Crippen molar-refractivity contribution in [3.63, 3.8) is 0 Å². The van der Waals surface area contributed by atoms with E-state index in [-0.39, 0.29) is 55.0 Å². The lowest BCUT2D eigenvalue weighted by atomic mass is 9.88. The number of aliphatic hydroxyl groups is 1. The molecule has 4 rings (SSSR count). The van der Waals surface area contributed by atoms with Gasteiger partial charge < -0.3 is 20.5 Å². The SMILES string of the molecule is CC(C)CN(C(O)(CCNC(=O)CC(C)(C)CNC(=O)CN1CCCC1)Cc1ccccc1)S(=O)(=O)c1ccc2c(c1)CCO2. The molecule has 0 aliphatic carbocycles. The third kappa shape index (κ3) is 9.75. The molecule has 0 spiro atoms. The molecule has 0 saturated carbocycles. The Hall–Kier alpha value is -2.99. The van der Waals surface area contributed by atoms with Crippen molar-refractivity contribution in [1.29, 1.82) is 0 Å². The molecule has 2 amide bonds. The zero-order valence-electron chi connectivity index (χ0n) is 27.2. The number of benzene rings is 2. The summed E-state index contributed by atoms with van der Waals surface area (Å²) in [5, 5.41) is 18.2. The van der Waals surface area contributed by atoms with Crippen LogP contribution in [-0.4, -0.2) is 86.1 Å². The molecule has 1 fully saturated rings. The third-order valence-electron chi connectivity index (χ3n) is 8.39. The van der Waals surface area contributed by atoms with Crippen LogP contribution in [0.5, 0.6) is 5.75 Å². The molecule has 1 atom stereocenters. The van der Waals surface area contributed by atoms with E-state index in [1.54, 1.807) is 12.1 Å². The summed E-state index contributed by atoms with van der Waals surface area (Å²) in [7, 11) is -4.13. The fourth-order valence-electron chi connectivity index (χ4n) is 6.00. The molecule has 10 nitrogen and oxygen atoms in total. The summed E-state index contributed by atoms with van der Waals surface area (Å²) in [6, 6.07) is 14.1. The van der Waals surface area contributed by atoms with E-state index in [9.17, 15) is 23.1 Å². The van der Waals surface area contributed by atoms with Gasteiger partial charge in [0.25, 0.3) is 0 Å². The Morgan fingerprint density at radius 3 is 2.44 bits per heavy atom. The second kappa shape index (κ2) is 15.1. The highest BCUT2D eigenvalue weighted by molar-refractivity contribution is 7.89. The number of hydrogen-bond acceptors (Lipinski definition) is 7. The quantitative estimate of drug-likeness (QED) is 0.240. The molecule has 3 N–H and O–H groups in total. The average molecular weight is 643 g/mol. The van der Waals surface area contributed by atoms with Gasteiger partial charge in [0.05, 0.1) is 18.0 Å². The van der Waals surface area contributed by atoms with Gasteiger partial charge in [0.2, 0.25) is 21.8 Å². The van der Waals surface area contributed by atoms with Gasteiger partial charge in [0.15, 0.2) is 0 Å². The number of carbonyl (C=O) groups excluding carboxylic acids is 2. The molecule has 1 unspecified atom stereocenters. The standard InChI is InChI=1S/C34H50N4O6S/c1-26(2)23-38(45(42,43)29-12-13-30-28(20-29)14-19-44-30)34(41,21-27-10-6-5-7-11-27)15-16-35-31(39)22-33(3,4)25-36-32(40)24-37-17-8-9-18-37/h5-7,10-13,20,26,41H,8-9,14-19,21-25H2,1-4H3,(H,35,39)(H,36,40). The van der Waals surface area contributed by atoms with Gasteiger partial charge in [-0.3, -0.25) is 14.5 Å². The van der Waals surface area contributed by atoms with Crippen LogP contribution in [0.1, 0.15) is 64.5 Å². The van der Waals surface area contributed by atoms with Crippen LogP contribution in [-0.2, 0) is 32.5 Å². The number of amides is 2. The Kier molecular flexibility index (Phi) is 11.7. The fraction of sp³-hybridized carbons (Fsp3) is 0.588. The smallest absolute Gasteiger partial charge is 0.245 e. The second-order valence-electron chi connectivity index (χ2n) is 13.6. The van der Waals surface area contributed by atoms with Crippen LogP contribution in [0.2, 0.25) is 0 Å². The van der Waals surface area contributed by atoms with Crippen LogP contribution >= 0.6 is 0 Å². The predicted octanol–water partition coefficient (Wildman–Crippen LogP) is 3.33. The molecule has 0 bridgehead atoms. The van der Waals surface area contributed by atoms with Gasteiger partial charge in [-0.25, -0.2) is 8.42 Å². The molecular weight excluding hydrogens is 592 g/mol. The van der Waals surface area contributed by atoms with Gasteiger partial charge >= 0.3 is 0 Å². The van der Waals surface area contributed by atoms with Crippen molar-refractivity contribution < 1.29 is 27.9 Å². The molecular formula is C34H50N4O6S. The summed E-state index contributed by atoms with van der Waals surface area (Å²) in [4.78, 5) is 27.7. The van der Waals surface area contributed by atoms with E-state index in [1.807, 2.05) is 58.0 Å². The Labute approximate surface area is 268 Å². The molecule has 2 aromatic rings. The van der Waals surface area contributed by atoms with Gasteiger partial charge in [-0.1, -0.05) is 58.0 Å². The first-order valence-electron chi connectivity index (χ1n) is 16.1. The lowest BCUT2D eigenvalue weighted by Crippen LogP contribution is -2.56. The molecule has 45 heavy (non-hydrogen) atoms. The van der Waals surface area contributed by atoms with Crippen molar-refractivity contribution in [3.8, 4) is 5.75 Å². The first-order chi connectivity index (χ1) is 21.3. The van der Waals surface area contributed by atoms with Crippen LogP contribution in [0.4, 0.5) is 0 Å². The van der Waals surface area contributed by atoms with Crippen LogP contribution in [0, 0.1) is 11.3 Å². The maximum absolute atomic E-state index is 14.2. The normalized spacial score (nSPS) is 16.8. The Bertz CT molecular complexity index is 1410. The summed E-state index contributed by atoms with van der Waals surface area (Å²) in [5.41, 5.74) is -0.695. The van der Waals surface area contributed by atoms with Gasteiger partial charge in [0.1, 0.15) is 11.5 Å². The highest BCUT2D eigenvalue weighted by Gasteiger charge is 2.43. The zero-order valence-corrected chi connectivity index (χ0v) is 28.0. The number of ether oxygens (including phenoxy) is 1. The Balaban J connectivity index is 1.46. The zero-order chi connectivity index (χ0) is 32.7. The minimum absolute atomic E-state index is 0.0133. The maximum atomic E-state index is 14.2. The van der Waals surface area contributed by atoms with Crippen molar-refractivity contribution in [2.45, 2.75) is 76.8 Å². The van der Waals surface area contributed by atoms with E-state index in [4.69, 9.17) is 4.74 Å². The number of nitrogens with one attached hydrogen (secondary N) is 2. The van der Waals surface area contributed by atoms with Gasteiger partial charge in [-0.2, -0.15) is 4.31 Å². The number of likely N-dealkylation sites (tertiary alicyclic amines) is 1. The van der Waals surface area contributed by atoms with Crippen molar-refractivity contribution >= 4 is 21.8 Å². The Morgan fingerprint density at radius 2 is 1.76 bits per heavy atom. The van der Waals surface area contributed by atoms with Crippen LogP contribution in [0.25, 0.3) is 0 Å². The molecule has 2 heterocycles.